The summed E-state index contributed by atoms with van der Waals surface area (Å²) in [6.45, 7) is 2.02. The second-order valence-corrected chi connectivity index (χ2v) is 1.85. The molecule has 0 amide bonds. The Kier molecular flexibility index (Phi) is 4.65. The Labute approximate surface area is 33.5 Å². The van der Waals surface area contributed by atoms with Gasteiger partial charge in [0, 0.05) is 8.81 Å². The first-order valence-electron chi connectivity index (χ1n) is 1.50. The highest BCUT2D eigenvalue weighted by atomic mass is 31.1. The lowest BCUT2D eigenvalue weighted by Crippen LogP contribution is -1.84. The van der Waals surface area contributed by atoms with Crippen LogP contribution in [-0.4, -0.2) is 6.16 Å². The number of hydrogen-bond donors (Lipinski definition) is 1. The highest BCUT2D eigenvalue weighted by molar-refractivity contribution is 7.32. The molecule has 0 aliphatic heterocycles. The van der Waals surface area contributed by atoms with Gasteiger partial charge in [-0.1, -0.05) is 6.92 Å². The summed E-state index contributed by atoms with van der Waals surface area (Å²) in [5, 5.41) is 0. The van der Waals surface area contributed by atoms with E-state index >= 15 is 0 Å². The van der Waals surface area contributed by atoms with E-state index < -0.39 is 0 Å². The van der Waals surface area contributed by atoms with Gasteiger partial charge in [0.2, 0.25) is 0 Å². The van der Waals surface area contributed by atoms with Gasteiger partial charge in [-0.25, -0.2) is 5.90 Å². The third-order valence-corrected chi connectivity index (χ3v) is 0.683. The molecule has 0 aliphatic carbocycles. The molecule has 0 saturated heterocycles. The van der Waals surface area contributed by atoms with Gasteiger partial charge in [0.25, 0.3) is 0 Å². The topological polar surface area (TPSA) is 35.2 Å². The molecule has 0 fully saturated rings. The lowest BCUT2D eigenvalue weighted by Gasteiger charge is -1.83. The van der Waals surface area contributed by atoms with Crippen molar-refractivity contribution in [3.8, 4) is 0 Å². The van der Waals surface area contributed by atoms with E-state index in [0.717, 1.165) is 6.16 Å². The Hall–Kier alpha value is 0.350. The van der Waals surface area contributed by atoms with Crippen LogP contribution in [-0.2, 0) is 4.62 Å². The smallest absolute Gasteiger partial charge is 0.0396 e. The molecule has 0 rings (SSSR count). The van der Waals surface area contributed by atoms with Crippen LogP contribution in [0.1, 0.15) is 6.92 Å². The van der Waals surface area contributed by atoms with Gasteiger partial charge in [-0.3, -0.25) is 4.62 Å². The summed E-state index contributed by atoms with van der Waals surface area (Å²) in [4.78, 5) is 0. The quantitative estimate of drug-likeness (QED) is 0.398. The summed E-state index contributed by atoms with van der Waals surface area (Å²) in [6, 6.07) is 0. The molecule has 2 N–H and O–H groups in total. The lowest BCUT2D eigenvalue weighted by molar-refractivity contribution is 0.386. The van der Waals surface area contributed by atoms with Crippen molar-refractivity contribution in [3.63, 3.8) is 0 Å². The fourth-order valence-electron chi connectivity index (χ4n) is 0.0833. The van der Waals surface area contributed by atoms with Crippen LogP contribution < -0.4 is 5.90 Å². The summed E-state index contributed by atoms with van der Waals surface area (Å²) in [5.41, 5.74) is 0. The molecule has 0 spiro atoms. The van der Waals surface area contributed by atoms with E-state index in [1.807, 2.05) is 6.92 Å². The molecule has 32 valence electrons. The summed E-state index contributed by atoms with van der Waals surface area (Å²) < 4.78 is 4.22. The SMILES string of the molecule is CCPON. The first kappa shape index (κ1) is 5.35. The Morgan fingerprint density at radius 3 is 2.60 bits per heavy atom. The lowest BCUT2D eigenvalue weighted by atomic mass is 11.0. The second-order valence-electron chi connectivity index (χ2n) is 0.616. The maximum Gasteiger partial charge on any atom is 0.0396 e. The molecule has 0 saturated carbocycles. The molecule has 0 radical (unpaired) electrons. The van der Waals surface area contributed by atoms with Crippen molar-refractivity contribution in [2.45, 2.75) is 6.92 Å². The predicted octanol–water partition coefficient (Wildman–Crippen LogP) is 0.490. The van der Waals surface area contributed by atoms with Crippen molar-refractivity contribution < 1.29 is 4.62 Å². The predicted molar refractivity (Wildman–Crippen MR) is 24.1 cm³/mol. The van der Waals surface area contributed by atoms with Crippen LogP contribution in [0.2, 0.25) is 0 Å². The standard InChI is InChI=1S/C2H8NOP/c1-2-5-4-3/h5H,2-3H2,1H3. The van der Waals surface area contributed by atoms with Crippen molar-refractivity contribution in [1.29, 1.82) is 0 Å². The minimum absolute atomic E-state index is 0.475. The van der Waals surface area contributed by atoms with Crippen LogP contribution in [0.4, 0.5) is 0 Å². The molecular formula is C2H8NOP. The van der Waals surface area contributed by atoms with E-state index in [1.54, 1.807) is 0 Å². The van der Waals surface area contributed by atoms with Crippen LogP contribution in [0, 0.1) is 0 Å². The molecule has 0 heterocycles. The fraction of sp³-hybridized carbons (Fsp3) is 1.00. The van der Waals surface area contributed by atoms with Gasteiger partial charge >= 0.3 is 0 Å². The Balaban J connectivity index is 2.19. The minimum atomic E-state index is 0.475. The van der Waals surface area contributed by atoms with E-state index in [2.05, 4.69) is 10.5 Å². The van der Waals surface area contributed by atoms with Gasteiger partial charge in [0.1, 0.15) is 0 Å². The maximum atomic E-state index is 4.65. The van der Waals surface area contributed by atoms with Gasteiger partial charge in [-0.05, 0) is 6.16 Å². The molecule has 1 atom stereocenters. The second kappa shape index (κ2) is 4.35. The van der Waals surface area contributed by atoms with Crippen LogP contribution >= 0.6 is 8.81 Å². The van der Waals surface area contributed by atoms with E-state index in [1.165, 1.54) is 0 Å². The van der Waals surface area contributed by atoms with Crippen molar-refractivity contribution >= 4 is 8.81 Å². The van der Waals surface area contributed by atoms with Gasteiger partial charge < -0.3 is 0 Å². The van der Waals surface area contributed by atoms with E-state index in [9.17, 15) is 0 Å². The molecule has 3 heteroatoms. The van der Waals surface area contributed by atoms with E-state index in [0.29, 0.717) is 8.81 Å². The Bertz CT molecular complexity index is 17.1. The molecule has 0 aromatic heterocycles. The van der Waals surface area contributed by atoms with Crippen molar-refractivity contribution in [2.75, 3.05) is 6.16 Å². The molecule has 0 bridgehead atoms. The van der Waals surface area contributed by atoms with E-state index in [4.69, 9.17) is 0 Å². The fourth-order valence-corrected chi connectivity index (χ4v) is 0.250. The average molecular weight is 93.1 g/mol. The van der Waals surface area contributed by atoms with Crippen LogP contribution in [0.15, 0.2) is 0 Å². The van der Waals surface area contributed by atoms with E-state index in [-0.39, 0.29) is 0 Å². The average Bonchev–Trinajstić information content (AvgIpc) is 1.41. The van der Waals surface area contributed by atoms with Gasteiger partial charge in [0.05, 0.1) is 0 Å². The third-order valence-electron chi connectivity index (χ3n) is 0.228. The normalized spacial score (nSPS) is 10.8. The van der Waals surface area contributed by atoms with Crippen molar-refractivity contribution in [2.24, 2.45) is 5.90 Å². The molecule has 0 aromatic carbocycles. The molecular weight excluding hydrogens is 85.0 g/mol. The molecule has 0 aromatic rings. The summed E-state index contributed by atoms with van der Waals surface area (Å²) in [6.07, 6.45) is 1.02. The maximum absolute atomic E-state index is 4.65. The Morgan fingerprint density at radius 1 is 2.00 bits per heavy atom. The van der Waals surface area contributed by atoms with Crippen LogP contribution in [0.5, 0.6) is 0 Å². The van der Waals surface area contributed by atoms with Gasteiger partial charge in [-0.15, -0.1) is 0 Å². The molecule has 0 aliphatic rings. The zero-order valence-corrected chi connectivity index (χ0v) is 4.19. The third kappa shape index (κ3) is 4.35. The zero-order valence-electron chi connectivity index (χ0n) is 3.19. The molecule has 5 heavy (non-hydrogen) atoms. The zero-order chi connectivity index (χ0) is 4.12. The van der Waals surface area contributed by atoms with Crippen molar-refractivity contribution in [3.05, 3.63) is 0 Å². The van der Waals surface area contributed by atoms with Gasteiger partial charge in [-0.2, -0.15) is 0 Å². The van der Waals surface area contributed by atoms with Crippen molar-refractivity contribution in [1.82, 2.24) is 0 Å². The summed E-state index contributed by atoms with van der Waals surface area (Å²) in [7, 11) is 0.475. The number of rotatable bonds is 2. The number of nitrogens with two attached hydrogens (primary N) is 1. The summed E-state index contributed by atoms with van der Waals surface area (Å²) >= 11 is 0. The minimum Gasteiger partial charge on any atom is -0.286 e. The highest BCUT2D eigenvalue weighted by Crippen LogP contribution is 2.02. The molecule has 1 unspecified atom stereocenters. The monoisotopic (exact) mass is 93.0 g/mol. The van der Waals surface area contributed by atoms with Gasteiger partial charge in [0.15, 0.2) is 0 Å². The molecule has 2 nitrogen and oxygen atoms in total. The highest BCUT2D eigenvalue weighted by Gasteiger charge is 1.66. The summed E-state index contributed by atoms with van der Waals surface area (Å²) in [5.74, 6) is 4.65. The first-order chi connectivity index (χ1) is 2.41. The number of hydrogen-bond acceptors (Lipinski definition) is 2. The van der Waals surface area contributed by atoms with Crippen LogP contribution in [0.25, 0.3) is 0 Å². The first-order valence-corrected chi connectivity index (χ1v) is 2.62. The largest absolute Gasteiger partial charge is 0.286 e. The van der Waals surface area contributed by atoms with Crippen LogP contribution in [0.3, 0.4) is 0 Å². The Morgan fingerprint density at radius 2 is 2.60 bits per heavy atom.